The topological polar surface area (TPSA) is 134 Å². The van der Waals surface area contributed by atoms with Crippen molar-refractivity contribution in [3.05, 3.63) is 65.7 Å². The summed E-state index contributed by atoms with van der Waals surface area (Å²) >= 11 is 0. The van der Waals surface area contributed by atoms with E-state index in [-0.39, 0.29) is 18.4 Å². The SMILES string of the molecule is CC(C)(C)C(CNC(=O)C1CC1C(=O)Nc1ccc(C=NN)cc1)(C(=O)O)c1ccccc1. The van der Waals surface area contributed by atoms with E-state index in [0.717, 1.165) is 5.56 Å². The number of aliphatic carboxylic acids is 1. The molecule has 33 heavy (non-hydrogen) atoms. The molecule has 3 unspecified atom stereocenters. The summed E-state index contributed by atoms with van der Waals surface area (Å²) in [4.78, 5) is 37.8. The highest BCUT2D eigenvalue weighted by atomic mass is 16.4. The third-order valence-electron chi connectivity index (χ3n) is 6.31. The number of carboxylic acids is 1. The second-order valence-corrected chi connectivity index (χ2v) is 9.38. The van der Waals surface area contributed by atoms with Crippen molar-refractivity contribution in [2.24, 2.45) is 28.2 Å². The number of hydrazone groups is 1. The highest BCUT2D eigenvalue weighted by molar-refractivity contribution is 6.00. The predicted octanol–water partition coefficient (Wildman–Crippen LogP) is 2.74. The molecule has 3 atom stereocenters. The first-order valence-electron chi connectivity index (χ1n) is 10.8. The predicted molar refractivity (Wildman–Crippen MR) is 127 cm³/mol. The third kappa shape index (κ3) is 5.05. The number of carboxylic acid groups (broad SMARTS) is 1. The Morgan fingerprint density at radius 2 is 1.64 bits per heavy atom. The van der Waals surface area contributed by atoms with Crippen molar-refractivity contribution in [1.29, 1.82) is 0 Å². The van der Waals surface area contributed by atoms with Crippen LogP contribution >= 0.6 is 0 Å². The Kier molecular flexibility index (Phi) is 6.86. The lowest BCUT2D eigenvalue weighted by Gasteiger charge is -2.41. The van der Waals surface area contributed by atoms with Crippen molar-refractivity contribution in [2.75, 3.05) is 11.9 Å². The fourth-order valence-electron chi connectivity index (χ4n) is 4.14. The van der Waals surface area contributed by atoms with Crippen molar-refractivity contribution < 1.29 is 19.5 Å². The van der Waals surface area contributed by atoms with Crippen LogP contribution in [0.2, 0.25) is 0 Å². The number of carbonyl (C=O) groups excluding carboxylic acids is 2. The van der Waals surface area contributed by atoms with Gasteiger partial charge in [-0.15, -0.1) is 0 Å². The number of rotatable bonds is 8. The summed E-state index contributed by atoms with van der Waals surface area (Å²) in [5.41, 5.74) is 0.0542. The number of hydrogen-bond donors (Lipinski definition) is 4. The van der Waals surface area contributed by atoms with Gasteiger partial charge in [-0.3, -0.25) is 14.4 Å². The number of anilines is 1. The Balaban J connectivity index is 1.65. The van der Waals surface area contributed by atoms with Gasteiger partial charge in [0.2, 0.25) is 11.8 Å². The molecule has 0 aliphatic heterocycles. The number of amides is 2. The summed E-state index contributed by atoms with van der Waals surface area (Å²) in [7, 11) is 0. The molecule has 1 fully saturated rings. The molecule has 5 N–H and O–H groups in total. The van der Waals surface area contributed by atoms with Gasteiger partial charge in [-0.05, 0) is 35.1 Å². The van der Waals surface area contributed by atoms with Crippen LogP contribution in [0.4, 0.5) is 5.69 Å². The summed E-state index contributed by atoms with van der Waals surface area (Å²) in [6, 6.07) is 15.9. The molecule has 3 rings (SSSR count). The number of nitrogens with one attached hydrogen (secondary N) is 2. The van der Waals surface area contributed by atoms with E-state index in [0.29, 0.717) is 17.7 Å². The van der Waals surface area contributed by atoms with E-state index in [9.17, 15) is 19.5 Å². The first-order valence-corrected chi connectivity index (χ1v) is 10.8. The van der Waals surface area contributed by atoms with Crippen molar-refractivity contribution in [3.8, 4) is 0 Å². The molecule has 2 amide bonds. The van der Waals surface area contributed by atoms with Crippen molar-refractivity contribution >= 4 is 29.7 Å². The fraction of sp³-hybridized carbons (Fsp3) is 0.360. The Hall–Kier alpha value is -3.68. The number of nitrogens with two attached hydrogens (primary N) is 1. The van der Waals surface area contributed by atoms with Crippen molar-refractivity contribution in [3.63, 3.8) is 0 Å². The van der Waals surface area contributed by atoms with E-state index in [1.54, 1.807) is 48.5 Å². The minimum Gasteiger partial charge on any atom is -0.481 e. The second kappa shape index (κ2) is 9.44. The van der Waals surface area contributed by atoms with Crippen LogP contribution in [0.15, 0.2) is 59.7 Å². The van der Waals surface area contributed by atoms with E-state index < -0.39 is 28.6 Å². The molecule has 0 heterocycles. The van der Waals surface area contributed by atoms with Crippen LogP contribution in [0.3, 0.4) is 0 Å². The normalized spacial score (nSPS) is 19.5. The molecular formula is C25H30N4O4. The Morgan fingerprint density at radius 1 is 1.03 bits per heavy atom. The highest BCUT2D eigenvalue weighted by Gasteiger charge is 2.52. The van der Waals surface area contributed by atoms with Gasteiger partial charge in [-0.2, -0.15) is 5.10 Å². The molecule has 1 saturated carbocycles. The lowest BCUT2D eigenvalue weighted by molar-refractivity contribution is -0.148. The van der Waals surface area contributed by atoms with Gasteiger partial charge >= 0.3 is 5.97 Å². The molecule has 1 aliphatic carbocycles. The number of hydrogen-bond acceptors (Lipinski definition) is 5. The largest absolute Gasteiger partial charge is 0.481 e. The monoisotopic (exact) mass is 450 g/mol. The quantitative estimate of drug-likeness (QED) is 0.279. The Bertz CT molecular complexity index is 1040. The van der Waals surface area contributed by atoms with Gasteiger partial charge < -0.3 is 21.6 Å². The molecule has 8 nitrogen and oxygen atoms in total. The minimum atomic E-state index is -1.31. The summed E-state index contributed by atoms with van der Waals surface area (Å²) in [6.07, 6.45) is 1.92. The number of benzene rings is 2. The smallest absolute Gasteiger partial charge is 0.316 e. The van der Waals surface area contributed by atoms with E-state index in [1.165, 1.54) is 6.21 Å². The van der Waals surface area contributed by atoms with E-state index in [2.05, 4.69) is 15.7 Å². The zero-order valence-electron chi connectivity index (χ0n) is 19.0. The maximum atomic E-state index is 12.8. The molecule has 1 aliphatic rings. The highest BCUT2D eigenvalue weighted by Crippen LogP contribution is 2.43. The van der Waals surface area contributed by atoms with Gasteiger partial charge in [0, 0.05) is 12.2 Å². The molecule has 2 aromatic rings. The van der Waals surface area contributed by atoms with E-state index in [4.69, 9.17) is 5.84 Å². The molecule has 0 saturated heterocycles. The third-order valence-corrected chi connectivity index (χ3v) is 6.31. The van der Waals surface area contributed by atoms with Gasteiger partial charge in [-0.25, -0.2) is 0 Å². The van der Waals surface area contributed by atoms with Crippen LogP contribution in [-0.4, -0.2) is 35.6 Å². The standard InChI is InChI=1S/C25H30N4O4/c1-24(2,3)25(23(32)33,17-7-5-4-6-8-17)15-27-21(30)19-13-20(19)22(31)29-18-11-9-16(10-12-18)14-28-26/h4-12,14,19-20H,13,15,26H2,1-3H3,(H,27,30)(H,29,31)(H,32,33). The lowest BCUT2D eigenvalue weighted by atomic mass is 9.62. The molecule has 0 aromatic heterocycles. The molecule has 8 heteroatoms. The van der Waals surface area contributed by atoms with Crippen LogP contribution in [0, 0.1) is 17.3 Å². The zero-order chi connectivity index (χ0) is 24.2. The van der Waals surface area contributed by atoms with Crippen LogP contribution in [0.1, 0.15) is 38.3 Å². The lowest BCUT2D eigenvalue weighted by Crippen LogP contribution is -2.55. The molecule has 0 bridgehead atoms. The summed E-state index contributed by atoms with van der Waals surface area (Å²) < 4.78 is 0. The molecule has 2 aromatic carbocycles. The summed E-state index contributed by atoms with van der Waals surface area (Å²) in [6.45, 7) is 5.47. The Morgan fingerprint density at radius 3 is 2.18 bits per heavy atom. The van der Waals surface area contributed by atoms with Crippen LogP contribution in [-0.2, 0) is 19.8 Å². The van der Waals surface area contributed by atoms with Gasteiger partial charge in [0.1, 0.15) is 5.41 Å². The van der Waals surface area contributed by atoms with Gasteiger partial charge in [0.15, 0.2) is 0 Å². The molecule has 174 valence electrons. The average Bonchev–Trinajstić information content (AvgIpc) is 3.56. The second-order valence-electron chi connectivity index (χ2n) is 9.38. The summed E-state index contributed by atoms with van der Waals surface area (Å²) in [5.74, 6) is 2.65. The number of nitrogens with zero attached hydrogens (tertiary/aromatic N) is 1. The molecular weight excluding hydrogens is 420 g/mol. The first kappa shape index (κ1) is 24.0. The maximum absolute atomic E-state index is 12.8. The minimum absolute atomic E-state index is 0.0658. The number of carbonyl (C=O) groups is 3. The summed E-state index contributed by atoms with van der Waals surface area (Å²) in [5, 5.41) is 19.3. The van der Waals surface area contributed by atoms with Gasteiger partial charge in [0.05, 0.1) is 18.1 Å². The van der Waals surface area contributed by atoms with Crippen LogP contribution < -0.4 is 16.5 Å². The zero-order valence-corrected chi connectivity index (χ0v) is 19.0. The molecule has 0 spiro atoms. The van der Waals surface area contributed by atoms with E-state index in [1.807, 2.05) is 26.8 Å². The van der Waals surface area contributed by atoms with Gasteiger partial charge in [0.25, 0.3) is 0 Å². The van der Waals surface area contributed by atoms with Crippen molar-refractivity contribution in [1.82, 2.24) is 5.32 Å². The molecule has 0 radical (unpaired) electrons. The Labute approximate surface area is 193 Å². The van der Waals surface area contributed by atoms with Crippen LogP contribution in [0.25, 0.3) is 0 Å². The van der Waals surface area contributed by atoms with Gasteiger partial charge in [-0.1, -0.05) is 63.2 Å². The maximum Gasteiger partial charge on any atom is 0.316 e. The fourth-order valence-corrected chi connectivity index (χ4v) is 4.14. The van der Waals surface area contributed by atoms with E-state index >= 15 is 0 Å². The average molecular weight is 451 g/mol. The van der Waals surface area contributed by atoms with Crippen LogP contribution in [0.5, 0.6) is 0 Å². The van der Waals surface area contributed by atoms with Crippen molar-refractivity contribution in [2.45, 2.75) is 32.6 Å². The first-order chi connectivity index (χ1) is 15.6.